The fourth-order valence-electron chi connectivity index (χ4n) is 1.42. The van der Waals surface area contributed by atoms with Gasteiger partial charge in [-0.2, -0.15) is 0 Å². The molecular formula is C12H11FN2. The number of aryl methyl sites for hydroxylation is 1. The van der Waals surface area contributed by atoms with E-state index in [0.717, 1.165) is 22.4 Å². The molecule has 0 aliphatic rings. The number of nitrogens with zero attached hydrogens (tertiary/aromatic N) is 1. The second-order valence-corrected chi connectivity index (χ2v) is 3.46. The quantitative estimate of drug-likeness (QED) is 0.722. The summed E-state index contributed by atoms with van der Waals surface area (Å²) >= 11 is 0. The number of aromatic nitrogens is 1. The summed E-state index contributed by atoms with van der Waals surface area (Å²) in [7, 11) is 0. The van der Waals surface area contributed by atoms with Crippen LogP contribution in [0.4, 0.5) is 10.1 Å². The van der Waals surface area contributed by atoms with E-state index >= 15 is 0 Å². The Hall–Kier alpha value is -1.90. The molecule has 0 fully saturated rings. The van der Waals surface area contributed by atoms with E-state index in [-0.39, 0.29) is 5.82 Å². The lowest BCUT2D eigenvalue weighted by Crippen LogP contribution is -1.90. The van der Waals surface area contributed by atoms with Crippen molar-refractivity contribution in [3.8, 4) is 11.1 Å². The molecule has 76 valence electrons. The largest absolute Gasteiger partial charge is 0.399 e. The van der Waals surface area contributed by atoms with Gasteiger partial charge in [-0.25, -0.2) is 4.39 Å². The summed E-state index contributed by atoms with van der Waals surface area (Å²) in [4.78, 5) is 3.81. The van der Waals surface area contributed by atoms with Crippen molar-refractivity contribution in [2.75, 3.05) is 5.73 Å². The number of anilines is 1. The van der Waals surface area contributed by atoms with Crippen molar-refractivity contribution in [3.63, 3.8) is 0 Å². The zero-order chi connectivity index (χ0) is 10.8. The van der Waals surface area contributed by atoms with Gasteiger partial charge in [0, 0.05) is 17.4 Å². The van der Waals surface area contributed by atoms with Crippen molar-refractivity contribution in [1.82, 2.24) is 4.98 Å². The van der Waals surface area contributed by atoms with Crippen LogP contribution in [0.25, 0.3) is 11.1 Å². The van der Waals surface area contributed by atoms with Crippen LogP contribution in [-0.4, -0.2) is 4.98 Å². The molecule has 0 saturated heterocycles. The predicted molar refractivity (Wildman–Crippen MR) is 58.8 cm³/mol. The van der Waals surface area contributed by atoms with Gasteiger partial charge in [0.25, 0.3) is 0 Å². The van der Waals surface area contributed by atoms with Gasteiger partial charge in [-0.15, -0.1) is 0 Å². The number of rotatable bonds is 1. The molecule has 2 N–H and O–H groups in total. The lowest BCUT2D eigenvalue weighted by molar-refractivity contribution is 0.622. The van der Waals surface area contributed by atoms with Crippen LogP contribution in [0.2, 0.25) is 0 Å². The topological polar surface area (TPSA) is 38.9 Å². The molecule has 15 heavy (non-hydrogen) atoms. The first-order chi connectivity index (χ1) is 7.16. The Labute approximate surface area is 87.6 Å². The number of nitrogen functional groups attached to an aromatic ring is 1. The zero-order valence-electron chi connectivity index (χ0n) is 8.37. The van der Waals surface area contributed by atoms with Gasteiger partial charge in [0.2, 0.25) is 0 Å². The van der Waals surface area contributed by atoms with Crippen molar-refractivity contribution in [3.05, 3.63) is 48.0 Å². The Bertz CT molecular complexity index is 495. The third kappa shape index (κ3) is 1.96. The number of benzene rings is 1. The summed E-state index contributed by atoms with van der Waals surface area (Å²) in [6.45, 7) is 1.92. The highest BCUT2D eigenvalue weighted by molar-refractivity contribution is 5.66. The molecule has 0 spiro atoms. The lowest BCUT2D eigenvalue weighted by Gasteiger charge is -2.04. The summed E-state index contributed by atoms with van der Waals surface area (Å²) in [5.74, 6) is -0.332. The predicted octanol–water partition coefficient (Wildman–Crippen LogP) is 2.78. The molecule has 0 aliphatic carbocycles. The van der Waals surface area contributed by atoms with Crippen LogP contribution >= 0.6 is 0 Å². The summed E-state index contributed by atoms with van der Waals surface area (Å²) in [5.41, 5.74) is 9.12. The highest BCUT2D eigenvalue weighted by Gasteiger charge is 2.01. The second kappa shape index (κ2) is 3.69. The molecule has 0 aliphatic heterocycles. The standard InChI is InChI=1S/C12H11FN2/c1-8-4-9(2-3-12(8)14)10-5-11(13)7-15-6-10/h2-7H,14H2,1H3. The number of pyridine rings is 1. The Morgan fingerprint density at radius 1 is 1.13 bits per heavy atom. The first-order valence-corrected chi connectivity index (χ1v) is 4.64. The number of hydrogen-bond acceptors (Lipinski definition) is 2. The Balaban J connectivity index is 2.50. The highest BCUT2D eigenvalue weighted by Crippen LogP contribution is 2.22. The first kappa shape index (κ1) is 9.65. The molecule has 0 unspecified atom stereocenters. The molecule has 0 amide bonds. The van der Waals surface area contributed by atoms with E-state index in [0.29, 0.717) is 0 Å². The fourth-order valence-corrected chi connectivity index (χ4v) is 1.42. The van der Waals surface area contributed by atoms with Crippen molar-refractivity contribution in [1.29, 1.82) is 0 Å². The minimum atomic E-state index is -0.332. The normalized spacial score (nSPS) is 10.3. The van der Waals surface area contributed by atoms with Gasteiger partial charge >= 0.3 is 0 Å². The molecule has 1 heterocycles. The van der Waals surface area contributed by atoms with E-state index in [9.17, 15) is 4.39 Å². The zero-order valence-corrected chi connectivity index (χ0v) is 8.37. The monoisotopic (exact) mass is 202 g/mol. The third-order valence-corrected chi connectivity index (χ3v) is 2.31. The molecule has 2 aromatic rings. The van der Waals surface area contributed by atoms with E-state index in [1.165, 1.54) is 12.3 Å². The van der Waals surface area contributed by atoms with E-state index in [4.69, 9.17) is 5.73 Å². The van der Waals surface area contributed by atoms with Crippen LogP contribution in [0.15, 0.2) is 36.7 Å². The SMILES string of the molecule is Cc1cc(-c2cncc(F)c2)ccc1N. The summed E-state index contributed by atoms with van der Waals surface area (Å²) < 4.78 is 12.9. The van der Waals surface area contributed by atoms with Crippen molar-refractivity contribution in [2.24, 2.45) is 0 Å². The van der Waals surface area contributed by atoms with Gasteiger partial charge < -0.3 is 5.73 Å². The molecule has 2 rings (SSSR count). The maximum atomic E-state index is 12.9. The average molecular weight is 202 g/mol. The molecular weight excluding hydrogens is 191 g/mol. The van der Waals surface area contributed by atoms with Gasteiger partial charge in [0.15, 0.2) is 0 Å². The molecule has 0 bridgehead atoms. The number of halogens is 1. The molecule has 1 aromatic carbocycles. The Morgan fingerprint density at radius 2 is 1.93 bits per heavy atom. The van der Waals surface area contributed by atoms with Gasteiger partial charge in [0.05, 0.1) is 6.20 Å². The van der Waals surface area contributed by atoms with Crippen LogP contribution in [0.1, 0.15) is 5.56 Å². The minimum Gasteiger partial charge on any atom is -0.399 e. The molecule has 3 heteroatoms. The van der Waals surface area contributed by atoms with E-state index in [1.54, 1.807) is 6.20 Å². The molecule has 0 atom stereocenters. The lowest BCUT2D eigenvalue weighted by atomic mass is 10.0. The smallest absolute Gasteiger partial charge is 0.142 e. The maximum absolute atomic E-state index is 12.9. The van der Waals surface area contributed by atoms with E-state index in [1.807, 2.05) is 25.1 Å². The Morgan fingerprint density at radius 3 is 2.60 bits per heavy atom. The fraction of sp³-hybridized carbons (Fsp3) is 0.0833. The van der Waals surface area contributed by atoms with Crippen molar-refractivity contribution in [2.45, 2.75) is 6.92 Å². The number of nitrogens with two attached hydrogens (primary N) is 1. The third-order valence-electron chi connectivity index (χ3n) is 2.31. The second-order valence-electron chi connectivity index (χ2n) is 3.46. The van der Waals surface area contributed by atoms with E-state index in [2.05, 4.69) is 4.98 Å². The molecule has 0 saturated carbocycles. The number of hydrogen-bond donors (Lipinski definition) is 1. The van der Waals surface area contributed by atoms with Gasteiger partial charge in [-0.3, -0.25) is 4.98 Å². The average Bonchev–Trinajstić information content (AvgIpc) is 2.22. The van der Waals surface area contributed by atoms with Crippen LogP contribution in [0, 0.1) is 12.7 Å². The van der Waals surface area contributed by atoms with Crippen molar-refractivity contribution < 1.29 is 4.39 Å². The molecule has 2 nitrogen and oxygen atoms in total. The minimum absolute atomic E-state index is 0.332. The Kier molecular flexibility index (Phi) is 2.37. The highest BCUT2D eigenvalue weighted by atomic mass is 19.1. The van der Waals surface area contributed by atoms with Gasteiger partial charge in [-0.1, -0.05) is 6.07 Å². The summed E-state index contributed by atoms with van der Waals surface area (Å²) in [5, 5.41) is 0. The van der Waals surface area contributed by atoms with Crippen LogP contribution in [-0.2, 0) is 0 Å². The van der Waals surface area contributed by atoms with Crippen LogP contribution in [0.3, 0.4) is 0 Å². The van der Waals surface area contributed by atoms with E-state index < -0.39 is 0 Å². The van der Waals surface area contributed by atoms with Gasteiger partial charge in [0.1, 0.15) is 5.82 Å². The summed E-state index contributed by atoms with van der Waals surface area (Å²) in [6, 6.07) is 7.05. The van der Waals surface area contributed by atoms with Crippen molar-refractivity contribution >= 4 is 5.69 Å². The van der Waals surface area contributed by atoms with Crippen LogP contribution in [0.5, 0.6) is 0 Å². The maximum Gasteiger partial charge on any atom is 0.142 e. The van der Waals surface area contributed by atoms with Crippen LogP contribution < -0.4 is 5.73 Å². The molecule has 0 radical (unpaired) electrons. The first-order valence-electron chi connectivity index (χ1n) is 4.64. The summed E-state index contributed by atoms with van der Waals surface area (Å²) in [6.07, 6.45) is 2.82. The van der Waals surface area contributed by atoms with Gasteiger partial charge in [-0.05, 0) is 36.2 Å². The molecule has 1 aromatic heterocycles.